The lowest BCUT2D eigenvalue weighted by atomic mass is 10.0. The highest BCUT2D eigenvalue weighted by atomic mass is 15.3. The van der Waals surface area contributed by atoms with Gasteiger partial charge in [-0.05, 0) is 25.5 Å². The summed E-state index contributed by atoms with van der Waals surface area (Å²) >= 11 is 0. The van der Waals surface area contributed by atoms with E-state index < -0.39 is 235 Å². The van der Waals surface area contributed by atoms with Crippen LogP contribution in [0.15, 0.2) is 0 Å². The maximum Gasteiger partial charge on any atom is 0.0924 e. The average Bonchev–Trinajstić information content (AvgIpc) is 0.677. The molecule has 0 bridgehead atoms. The molecule has 0 aliphatic carbocycles. The summed E-state index contributed by atoms with van der Waals surface area (Å²) in [7, 11) is -0.434. The van der Waals surface area contributed by atoms with Gasteiger partial charge in [0.25, 0.3) is 0 Å². The van der Waals surface area contributed by atoms with Crippen molar-refractivity contribution in [2.45, 2.75) is 218 Å². The molecule has 0 saturated heterocycles. The number of nitrogens with zero attached hydrogens (tertiary/aromatic N) is 1. The van der Waals surface area contributed by atoms with Gasteiger partial charge in [0.2, 0.25) is 0 Å². The van der Waals surface area contributed by atoms with Crippen molar-refractivity contribution in [2.24, 2.45) is 0 Å². The van der Waals surface area contributed by atoms with E-state index in [1.165, 1.54) is 0 Å². The highest BCUT2D eigenvalue weighted by molar-refractivity contribution is 4.52. The Kier molecular flexibility index (Phi) is 3.73. The third-order valence-electron chi connectivity index (χ3n) is 2.55. The van der Waals surface area contributed by atoms with E-state index in [1.54, 1.807) is 0 Å². The van der Waals surface area contributed by atoms with E-state index >= 15 is 0 Å². The molecule has 0 aromatic rings. The molecule has 0 aromatic heterocycles. The molecule has 0 N–H and O–H groups in total. The highest BCUT2D eigenvalue weighted by Gasteiger charge is 2.13. The van der Waals surface area contributed by atoms with Gasteiger partial charge in [0, 0.05) is 96.0 Å². The molecule has 0 saturated carbocycles. The fraction of sp³-hybridized carbons (Fsp3) is 1.00. The third-order valence-corrected chi connectivity index (χ3v) is 2.55. The molecule has 0 aliphatic rings. The standard InChI is InChI=1S/C38H80N/c1-5-7-9-11-13-15-17-19-21-23-25-27-29-31-33-35-37-39(3,4)38-36-34-32-30-28-26-24-22-20-18-16-14-12-10-8-6-2/h5-38H2,1-4H3/q+1/i1D3,2D3,5D2,6D2,7D2,8D2,9D2,10D2,11D2,12D2,13D2,14D2,15D2,16D2,17D2,18D2,19D2,20D2,21D2,22D2,23D2,24D2,25D2,26D2,27D2,28D2,29D2,30D2,31D2,32D2,33D2,34D2,35D2,36D2,37D2,38D2. The lowest BCUT2D eigenvalue weighted by molar-refractivity contribution is -0.890. The van der Waals surface area contributed by atoms with Crippen LogP contribution in [0.5, 0.6) is 0 Å². The Morgan fingerprint density at radius 1 is 0.308 bits per heavy atom. The minimum absolute atomic E-state index is 0.217. The molecule has 1 heteroatoms. The molecule has 1 nitrogen and oxygen atoms in total. The Morgan fingerprint density at radius 3 is 0.692 bits per heavy atom. The molecule has 0 aromatic carbocycles. The SMILES string of the molecule is [2H]C([2H])([2H])C([2H])([2H])C([2H])([2H])C([2H])([2H])C([2H])([2H])C([2H])([2H])C([2H])([2H])C([2H])([2H])C([2H])([2H])C([2H])([2H])C([2H])([2H])C([2H])([2H])C([2H])([2H])C([2H])([2H])C([2H])([2H])C([2H])([2H])C([2H])([2H])C([2H])([2H])[N+](C)(C)C([2H])([2H])C([2H])([2H])C([2H])([2H])C([2H])([2H])C([2H])([2H])C([2H])([2H])C([2H])([2H])C([2H])([2H])C([2H])([2H])C([2H])([2H])C([2H])([2H])C([2H])([2H])C([2H])([2H])C([2H])([2H])C([2H])([2H])C([2H])([2H])C([2H])([2H])C([2H])([2H])[2H]. The minimum atomic E-state index is -5.69. The molecule has 39 heavy (non-hydrogen) atoms. The smallest absolute Gasteiger partial charge is 0.0924 e. The normalized spacial score (nSPS) is 53.3. The Hall–Kier alpha value is -0.0400. The Morgan fingerprint density at radius 2 is 0.487 bits per heavy atom. The van der Waals surface area contributed by atoms with Crippen LogP contribution >= 0.6 is 0 Å². The number of hydrogen-bond donors (Lipinski definition) is 0. The van der Waals surface area contributed by atoms with E-state index in [4.69, 9.17) is 101 Å². The van der Waals surface area contributed by atoms with Gasteiger partial charge in [-0.2, -0.15) is 0 Å². The molecule has 0 fully saturated rings. The average molecular weight is 626 g/mol. The summed E-state index contributed by atoms with van der Waals surface area (Å²) in [6.07, 6.45) is -174. The van der Waals surface area contributed by atoms with Gasteiger partial charge in [-0.15, -0.1) is 0 Å². The minimum Gasteiger partial charge on any atom is -0.328 e. The monoisotopic (exact) mass is 625 g/mol. The molecule has 0 amide bonds. The maximum atomic E-state index is 8.88. The predicted octanol–water partition coefficient (Wildman–Crippen LogP) is 13.6. The fourth-order valence-electron chi connectivity index (χ4n) is 1.24. The van der Waals surface area contributed by atoms with E-state index in [0.29, 0.717) is 0 Å². The summed E-state index contributed by atoms with van der Waals surface area (Å²) in [5, 5.41) is 0. The topological polar surface area (TPSA) is 0 Å². The van der Waals surface area contributed by atoms with Crippen LogP contribution in [0.4, 0.5) is 0 Å². The molecule has 0 aliphatic heterocycles. The summed E-state index contributed by atoms with van der Waals surface area (Å²) in [5.74, 6) is 0. The van der Waals surface area contributed by atoms with Crippen molar-refractivity contribution in [1.29, 1.82) is 0 Å². The molecule has 0 rings (SSSR count). The summed E-state index contributed by atoms with van der Waals surface area (Å²) in [6, 6.07) is 0. The van der Waals surface area contributed by atoms with Gasteiger partial charge < -0.3 is 4.48 Å². The molecule has 0 unspecified atom stereocenters. The molecular formula is C38H80N+. The molecule has 0 spiro atoms. The van der Waals surface area contributed by atoms with Crippen molar-refractivity contribution < 1.29 is 106 Å². The molecule has 0 atom stereocenters. The second-order valence-electron chi connectivity index (χ2n) is 5.68. The van der Waals surface area contributed by atoms with Crippen LogP contribution in [-0.4, -0.2) is 31.6 Å². The van der Waals surface area contributed by atoms with E-state index in [9.17, 15) is 0 Å². The van der Waals surface area contributed by atoms with Crippen LogP contribution in [-0.2, 0) is 0 Å². The van der Waals surface area contributed by atoms with Gasteiger partial charge in [0.1, 0.15) is 0 Å². The van der Waals surface area contributed by atoms with Crippen molar-refractivity contribution in [3.05, 3.63) is 0 Å². The van der Waals surface area contributed by atoms with E-state index in [0.717, 1.165) is 0 Å². The highest BCUT2D eigenvalue weighted by Crippen LogP contribution is 2.16. The predicted molar refractivity (Wildman–Crippen MR) is 181 cm³/mol. The van der Waals surface area contributed by atoms with Gasteiger partial charge in [-0.1, -0.05) is 192 Å². The Balaban J connectivity index is 8.57. The van der Waals surface area contributed by atoms with Gasteiger partial charge in [-0.3, -0.25) is 0 Å². The zero-order valence-electron chi connectivity index (χ0n) is 94.4. The van der Waals surface area contributed by atoms with E-state index in [2.05, 4.69) is 0 Å². The fourth-order valence-corrected chi connectivity index (χ4v) is 1.24. The van der Waals surface area contributed by atoms with Crippen molar-refractivity contribution in [2.75, 3.05) is 27.1 Å². The first-order chi connectivity index (χ1) is 47.0. The van der Waals surface area contributed by atoms with Crippen LogP contribution in [0.2, 0.25) is 0 Å². The maximum absolute atomic E-state index is 8.88. The zero-order valence-corrected chi connectivity index (χ0v) is 20.4. The van der Waals surface area contributed by atoms with Gasteiger partial charge in [0.15, 0.2) is 0 Å². The molecule has 0 heterocycles. The lowest BCUT2D eigenvalue weighted by Crippen LogP contribution is -2.41. The summed E-state index contributed by atoms with van der Waals surface area (Å²) in [4.78, 5) is 0. The quantitative estimate of drug-likeness (QED) is 0.0625. The zero-order chi connectivity index (χ0) is 94.5. The van der Waals surface area contributed by atoms with Crippen LogP contribution in [0.3, 0.4) is 0 Å². The van der Waals surface area contributed by atoms with Crippen molar-refractivity contribution in [1.82, 2.24) is 0 Å². The molecular weight excluding hydrogens is 470 g/mol. The summed E-state index contributed by atoms with van der Waals surface area (Å²) < 4.78 is 614. The first-order valence-corrected chi connectivity index (χ1v) is 9.84. The summed E-state index contributed by atoms with van der Waals surface area (Å²) in [5.41, 5.74) is 0. The van der Waals surface area contributed by atoms with Crippen LogP contribution < -0.4 is 0 Å². The van der Waals surface area contributed by atoms with Gasteiger partial charge in [0.05, 0.1) is 32.6 Å². The Labute approximate surface area is 354 Å². The van der Waals surface area contributed by atoms with Crippen molar-refractivity contribution in [3.63, 3.8) is 0 Å². The molecule has 236 valence electrons. The van der Waals surface area contributed by atoms with E-state index in [-0.39, 0.29) is 14.1 Å². The third kappa shape index (κ3) is 34.1. The van der Waals surface area contributed by atoms with E-state index in [1.807, 2.05) is 0 Å². The second-order valence-corrected chi connectivity index (χ2v) is 5.68. The van der Waals surface area contributed by atoms with Gasteiger partial charge in [-0.25, -0.2) is 0 Å². The summed E-state index contributed by atoms with van der Waals surface area (Å²) in [6.45, 7) is -19.1. The number of hydrogen-bond acceptors (Lipinski definition) is 0. The second kappa shape index (κ2) is 32.5. The van der Waals surface area contributed by atoms with Gasteiger partial charge >= 0.3 is 0 Å². The number of quaternary nitrogens is 1. The van der Waals surface area contributed by atoms with Crippen molar-refractivity contribution in [3.8, 4) is 0 Å². The first-order valence-electron chi connectivity index (χ1n) is 46.8. The van der Waals surface area contributed by atoms with Crippen LogP contribution in [0.25, 0.3) is 0 Å². The van der Waals surface area contributed by atoms with Crippen LogP contribution in [0.1, 0.15) is 319 Å². The largest absolute Gasteiger partial charge is 0.328 e. The first kappa shape index (κ1) is 4.48. The Bertz CT molecular complexity index is 3150. The number of rotatable bonds is 34. The van der Waals surface area contributed by atoms with Crippen LogP contribution in [0, 0.1) is 0 Å². The van der Waals surface area contributed by atoms with Crippen molar-refractivity contribution >= 4 is 0 Å². The molecule has 0 radical (unpaired) electrons. The lowest BCUT2D eigenvalue weighted by Gasteiger charge is -2.30.